The summed E-state index contributed by atoms with van der Waals surface area (Å²) in [6, 6.07) is 0. The van der Waals surface area contributed by atoms with Crippen molar-refractivity contribution in [3.8, 4) is 0 Å². The molecule has 0 atom stereocenters. The predicted molar refractivity (Wildman–Crippen MR) is 109 cm³/mol. The van der Waals surface area contributed by atoms with Crippen molar-refractivity contribution in [3.63, 3.8) is 0 Å². The molecule has 1 aromatic heterocycles. The molecule has 0 radical (unpaired) electrons. The SMILES string of the molecule is C.C=CC(=O)OCCn1c(=O)n(CCOC(=O)C=C)c(=O)n(CCOC(=O)C=C)c1=O. The minimum atomic E-state index is -0.992. The van der Waals surface area contributed by atoms with Crippen molar-refractivity contribution in [3.05, 3.63) is 69.4 Å². The van der Waals surface area contributed by atoms with Gasteiger partial charge in [0.1, 0.15) is 19.8 Å². The van der Waals surface area contributed by atoms with Crippen LogP contribution in [0, 0.1) is 0 Å². The van der Waals surface area contributed by atoms with E-state index in [0.29, 0.717) is 13.7 Å². The maximum absolute atomic E-state index is 12.6. The van der Waals surface area contributed by atoms with E-state index in [1.807, 2.05) is 0 Å². The van der Waals surface area contributed by atoms with Gasteiger partial charge in [-0.25, -0.2) is 42.5 Å². The molecule has 0 fully saturated rings. The molecular weight excluding hydrogens is 414 g/mol. The zero-order valence-corrected chi connectivity index (χ0v) is 16.1. The van der Waals surface area contributed by atoms with E-state index in [1.165, 1.54) is 0 Å². The number of aromatic nitrogens is 3. The van der Waals surface area contributed by atoms with Crippen LogP contribution in [-0.2, 0) is 48.2 Å². The van der Waals surface area contributed by atoms with E-state index in [1.54, 1.807) is 0 Å². The standard InChI is InChI=1S/C18H21N3O9.CH4/c1-4-13(22)28-10-7-19-16(25)20(8-11-29-14(23)5-2)18(27)21(17(19)26)9-12-30-15(24)6-3;/h4-6H,1-3,7-12H2;1H4. The van der Waals surface area contributed by atoms with Gasteiger partial charge in [0.2, 0.25) is 0 Å². The van der Waals surface area contributed by atoms with Crippen molar-refractivity contribution < 1.29 is 28.6 Å². The van der Waals surface area contributed by atoms with Gasteiger partial charge in [-0.2, -0.15) is 0 Å². The number of rotatable bonds is 12. The van der Waals surface area contributed by atoms with E-state index >= 15 is 0 Å². The second kappa shape index (κ2) is 13.3. The third-order valence-electron chi connectivity index (χ3n) is 3.56. The third kappa shape index (κ3) is 7.76. The number of carbonyl (C=O) groups is 3. The fourth-order valence-electron chi connectivity index (χ4n) is 2.15. The van der Waals surface area contributed by atoms with Gasteiger partial charge in [-0.3, -0.25) is 0 Å². The molecule has 1 heterocycles. The van der Waals surface area contributed by atoms with E-state index in [-0.39, 0.29) is 46.9 Å². The number of nitrogens with zero attached hydrogens (tertiary/aromatic N) is 3. The lowest BCUT2D eigenvalue weighted by molar-refractivity contribution is -0.138. The van der Waals surface area contributed by atoms with Crippen molar-refractivity contribution in [1.82, 2.24) is 13.7 Å². The maximum Gasteiger partial charge on any atom is 0.336 e. The first-order valence-corrected chi connectivity index (χ1v) is 8.58. The molecule has 0 spiro atoms. The molecule has 0 aromatic carbocycles. The van der Waals surface area contributed by atoms with Gasteiger partial charge in [0, 0.05) is 18.2 Å². The number of hydrogen-bond donors (Lipinski definition) is 0. The molecule has 0 aliphatic heterocycles. The van der Waals surface area contributed by atoms with Crippen LogP contribution in [0.25, 0.3) is 0 Å². The van der Waals surface area contributed by atoms with Crippen LogP contribution in [0.5, 0.6) is 0 Å². The Morgan fingerprint density at radius 1 is 0.613 bits per heavy atom. The summed E-state index contributed by atoms with van der Waals surface area (Å²) in [6.45, 7) is 7.59. The molecule has 31 heavy (non-hydrogen) atoms. The van der Waals surface area contributed by atoms with Gasteiger partial charge >= 0.3 is 35.0 Å². The van der Waals surface area contributed by atoms with E-state index < -0.39 is 35.0 Å². The smallest absolute Gasteiger partial charge is 0.336 e. The van der Waals surface area contributed by atoms with Crippen molar-refractivity contribution in [2.75, 3.05) is 19.8 Å². The van der Waals surface area contributed by atoms with Gasteiger partial charge in [0.05, 0.1) is 19.6 Å². The first kappa shape index (κ1) is 27.0. The first-order chi connectivity index (χ1) is 14.3. The molecule has 0 aliphatic carbocycles. The van der Waals surface area contributed by atoms with Crippen molar-refractivity contribution in [2.24, 2.45) is 0 Å². The molecule has 0 N–H and O–H groups in total. The summed E-state index contributed by atoms with van der Waals surface area (Å²) in [5.41, 5.74) is -2.98. The minimum Gasteiger partial charge on any atom is -0.461 e. The molecule has 1 aromatic rings. The van der Waals surface area contributed by atoms with Crippen molar-refractivity contribution in [2.45, 2.75) is 27.1 Å². The molecule has 0 unspecified atom stereocenters. The maximum atomic E-state index is 12.6. The zero-order valence-electron chi connectivity index (χ0n) is 16.1. The van der Waals surface area contributed by atoms with Crippen LogP contribution in [0.15, 0.2) is 52.3 Å². The van der Waals surface area contributed by atoms with Gasteiger partial charge < -0.3 is 14.2 Å². The highest BCUT2D eigenvalue weighted by Gasteiger charge is 2.16. The highest BCUT2D eigenvalue weighted by Crippen LogP contribution is 1.86. The minimum absolute atomic E-state index is 0. The average Bonchev–Trinajstić information content (AvgIpc) is 2.74. The fraction of sp³-hybridized carbons (Fsp3) is 0.368. The molecule has 12 heteroatoms. The lowest BCUT2D eigenvalue weighted by Crippen LogP contribution is -2.55. The summed E-state index contributed by atoms with van der Waals surface area (Å²) in [5.74, 6) is -2.28. The topological polar surface area (TPSA) is 145 Å². The molecular formula is C19H25N3O9. The fourth-order valence-corrected chi connectivity index (χ4v) is 2.15. The van der Waals surface area contributed by atoms with Crippen LogP contribution in [0.3, 0.4) is 0 Å². The van der Waals surface area contributed by atoms with Crippen LogP contribution >= 0.6 is 0 Å². The zero-order chi connectivity index (χ0) is 22.7. The number of hydrogen-bond acceptors (Lipinski definition) is 9. The molecule has 170 valence electrons. The Morgan fingerprint density at radius 3 is 1.03 bits per heavy atom. The lowest BCUT2D eigenvalue weighted by atomic mass is 10.5. The number of carbonyl (C=O) groups excluding carboxylic acids is 3. The molecule has 0 bridgehead atoms. The van der Waals surface area contributed by atoms with Gasteiger partial charge in [-0.15, -0.1) is 0 Å². The molecule has 0 saturated carbocycles. The van der Waals surface area contributed by atoms with E-state index in [4.69, 9.17) is 14.2 Å². The normalized spacial score (nSPS) is 9.68. The van der Waals surface area contributed by atoms with Gasteiger partial charge in [0.15, 0.2) is 0 Å². The molecule has 0 amide bonds. The van der Waals surface area contributed by atoms with Crippen LogP contribution in [0.4, 0.5) is 0 Å². The predicted octanol–water partition coefficient (Wildman–Crippen LogP) is -1.00. The quantitative estimate of drug-likeness (QED) is 0.227. The highest BCUT2D eigenvalue weighted by atomic mass is 16.5. The van der Waals surface area contributed by atoms with Crippen LogP contribution < -0.4 is 17.1 Å². The Bertz CT molecular complexity index is 855. The average molecular weight is 439 g/mol. The Balaban J connectivity index is 0.00000900. The van der Waals surface area contributed by atoms with Crippen molar-refractivity contribution >= 4 is 17.9 Å². The first-order valence-electron chi connectivity index (χ1n) is 8.58. The molecule has 0 aliphatic rings. The number of esters is 3. The Kier molecular flexibility index (Phi) is 11.6. The Morgan fingerprint density at radius 2 is 0.839 bits per heavy atom. The van der Waals surface area contributed by atoms with E-state index in [9.17, 15) is 28.8 Å². The van der Waals surface area contributed by atoms with Crippen LogP contribution in [0.1, 0.15) is 7.43 Å². The lowest BCUT2D eigenvalue weighted by Gasteiger charge is -2.14. The summed E-state index contributed by atoms with van der Waals surface area (Å²) < 4.78 is 16.3. The summed E-state index contributed by atoms with van der Waals surface area (Å²) in [7, 11) is 0. The summed E-state index contributed by atoms with van der Waals surface area (Å²) in [4.78, 5) is 71.2. The highest BCUT2D eigenvalue weighted by molar-refractivity contribution is 5.81. The summed E-state index contributed by atoms with van der Waals surface area (Å²) in [6.07, 6.45) is 2.72. The van der Waals surface area contributed by atoms with E-state index in [2.05, 4.69) is 19.7 Å². The summed E-state index contributed by atoms with van der Waals surface area (Å²) >= 11 is 0. The van der Waals surface area contributed by atoms with Gasteiger partial charge in [-0.05, 0) is 0 Å². The van der Waals surface area contributed by atoms with Crippen LogP contribution in [0.2, 0.25) is 0 Å². The largest absolute Gasteiger partial charge is 0.461 e. The third-order valence-corrected chi connectivity index (χ3v) is 3.56. The molecule has 12 nitrogen and oxygen atoms in total. The van der Waals surface area contributed by atoms with Crippen LogP contribution in [-0.4, -0.2) is 51.4 Å². The second-order valence-electron chi connectivity index (χ2n) is 5.42. The van der Waals surface area contributed by atoms with E-state index in [0.717, 1.165) is 18.2 Å². The van der Waals surface area contributed by atoms with Crippen molar-refractivity contribution in [1.29, 1.82) is 0 Å². The molecule has 1 rings (SSSR count). The molecule has 0 saturated heterocycles. The van der Waals surface area contributed by atoms with Gasteiger partial charge in [0.25, 0.3) is 0 Å². The van der Waals surface area contributed by atoms with Gasteiger partial charge in [-0.1, -0.05) is 27.2 Å². The monoisotopic (exact) mass is 439 g/mol. The Hall–Kier alpha value is -3.96. The number of ether oxygens (including phenoxy) is 3. The second-order valence-corrected chi connectivity index (χ2v) is 5.42. The Labute approximate surface area is 177 Å². The summed E-state index contributed by atoms with van der Waals surface area (Å²) in [5, 5.41) is 0.